The Kier molecular flexibility index (Phi) is 5.50. The van der Waals surface area contributed by atoms with Crippen molar-refractivity contribution in [2.45, 2.75) is 45.6 Å². The number of cyclic esters (lactones) is 1. The first-order chi connectivity index (χ1) is 16.3. The number of nitrogens with zero attached hydrogens (tertiary/aromatic N) is 2. The van der Waals surface area contributed by atoms with Crippen LogP contribution < -0.4 is 5.56 Å². The number of ether oxygens (including phenoxy) is 3. The highest BCUT2D eigenvalue weighted by molar-refractivity contribution is 5.89. The van der Waals surface area contributed by atoms with Gasteiger partial charge in [0.1, 0.15) is 12.4 Å². The molecule has 0 spiro atoms. The van der Waals surface area contributed by atoms with Crippen LogP contribution in [0, 0.1) is 12.7 Å². The van der Waals surface area contributed by atoms with Crippen molar-refractivity contribution in [1.29, 1.82) is 0 Å². The highest BCUT2D eigenvalue weighted by atomic mass is 19.1. The van der Waals surface area contributed by atoms with E-state index < -0.39 is 11.6 Å². The van der Waals surface area contributed by atoms with E-state index in [1.54, 1.807) is 37.7 Å². The number of halogens is 1. The molecule has 4 heterocycles. The molecule has 34 heavy (non-hydrogen) atoms. The molecular weight excluding hydrogens is 443 g/mol. The Labute approximate surface area is 194 Å². The summed E-state index contributed by atoms with van der Waals surface area (Å²) < 4.78 is 32.0. The van der Waals surface area contributed by atoms with Crippen LogP contribution >= 0.6 is 0 Å². The maximum Gasteiger partial charge on any atom is 0.343 e. The summed E-state index contributed by atoms with van der Waals surface area (Å²) >= 11 is 0. The van der Waals surface area contributed by atoms with Gasteiger partial charge in [-0.05, 0) is 36.6 Å². The zero-order valence-electron chi connectivity index (χ0n) is 19.2. The fourth-order valence-corrected chi connectivity index (χ4v) is 4.77. The summed E-state index contributed by atoms with van der Waals surface area (Å²) in [5.74, 6) is -1.16. The van der Waals surface area contributed by atoms with Crippen molar-refractivity contribution >= 4 is 16.9 Å². The van der Waals surface area contributed by atoms with Gasteiger partial charge in [0.05, 0.1) is 48.8 Å². The molecule has 2 aliphatic heterocycles. The van der Waals surface area contributed by atoms with Gasteiger partial charge in [0.25, 0.3) is 5.56 Å². The van der Waals surface area contributed by atoms with Crippen molar-refractivity contribution < 1.29 is 28.5 Å². The van der Waals surface area contributed by atoms with Gasteiger partial charge >= 0.3 is 5.97 Å². The van der Waals surface area contributed by atoms with Gasteiger partial charge in [0.15, 0.2) is 5.60 Å². The Balaban J connectivity index is 1.74. The number of pyridine rings is 2. The topological polar surface area (TPSA) is 99.9 Å². The molecule has 8 nitrogen and oxygen atoms in total. The van der Waals surface area contributed by atoms with Gasteiger partial charge in [-0.3, -0.25) is 4.79 Å². The van der Waals surface area contributed by atoms with Gasteiger partial charge in [-0.2, -0.15) is 0 Å². The molecule has 0 saturated heterocycles. The Hall–Kier alpha value is -3.14. The number of fused-ring (bicyclic) bond motifs is 5. The predicted molar refractivity (Wildman–Crippen MR) is 121 cm³/mol. The zero-order chi connectivity index (χ0) is 24.2. The highest BCUT2D eigenvalue weighted by Gasteiger charge is 2.45. The van der Waals surface area contributed by atoms with Crippen LogP contribution in [-0.4, -0.2) is 41.0 Å². The molecule has 2 aliphatic rings. The van der Waals surface area contributed by atoms with Crippen LogP contribution in [-0.2, 0) is 44.4 Å². The molecule has 0 fully saturated rings. The number of aryl methyl sites for hydroxylation is 1. The maximum atomic E-state index is 14.4. The van der Waals surface area contributed by atoms with Crippen LogP contribution in [0.5, 0.6) is 0 Å². The maximum absolute atomic E-state index is 14.4. The molecule has 0 aliphatic carbocycles. The zero-order valence-corrected chi connectivity index (χ0v) is 19.2. The number of carbonyl (C=O) groups is 1. The summed E-state index contributed by atoms with van der Waals surface area (Å²) in [6.45, 7) is 4.43. The lowest BCUT2D eigenvalue weighted by atomic mass is 9.86. The molecule has 1 atom stereocenters. The van der Waals surface area contributed by atoms with Gasteiger partial charge in [-0.1, -0.05) is 6.92 Å². The van der Waals surface area contributed by atoms with E-state index >= 15 is 0 Å². The lowest BCUT2D eigenvalue weighted by Crippen LogP contribution is -2.44. The largest absolute Gasteiger partial charge is 0.458 e. The van der Waals surface area contributed by atoms with Crippen molar-refractivity contribution in [2.24, 2.45) is 0 Å². The van der Waals surface area contributed by atoms with E-state index in [4.69, 9.17) is 19.2 Å². The Morgan fingerprint density at radius 1 is 1.24 bits per heavy atom. The SMILES string of the molecule is CC[C@@]1(O)C(=O)OCc2c1cc1n(c2=O)Cc2c-1nc1cc(F)c(C)cc1c2COCCOC. The quantitative estimate of drug-likeness (QED) is 0.343. The smallest absolute Gasteiger partial charge is 0.343 e. The van der Waals surface area contributed by atoms with Gasteiger partial charge in [0.2, 0.25) is 0 Å². The fourth-order valence-electron chi connectivity index (χ4n) is 4.77. The van der Waals surface area contributed by atoms with Crippen LogP contribution in [0.25, 0.3) is 22.3 Å². The number of carbonyl (C=O) groups excluding carboxylic acids is 1. The molecule has 0 amide bonds. The first kappa shape index (κ1) is 22.6. The third-order valence-electron chi connectivity index (χ3n) is 6.76. The van der Waals surface area contributed by atoms with Crippen LogP contribution in [0.1, 0.15) is 41.2 Å². The number of rotatable bonds is 6. The monoisotopic (exact) mass is 468 g/mol. The summed E-state index contributed by atoms with van der Waals surface area (Å²) in [5, 5.41) is 11.8. The number of aromatic nitrogens is 2. The summed E-state index contributed by atoms with van der Waals surface area (Å²) in [4.78, 5) is 30.5. The molecule has 5 rings (SSSR count). The number of hydrogen-bond donors (Lipinski definition) is 1. The normalized spacial score (nSPS) is 18.6. The van der Waals surface area contributed by atoms with Gasteiger partial charge < -0.3 is 23.9 Å². The third-order valence-corrected chi connectivity index (χ3v) is 6.76. The molecule has 1 N–H and O–H groups in total. The van der Waals surface area contributed by atoms with E-state index in [0.717, 1.165) is 16.5 Å². The van der Waals surface area contributed by atoms with Gasteiger partial charge in [0, 0.05) is 29.7 Å². The minimum absolute atomic E-state index is 0.0583. The lowest BCUT2D eigenvalue weighted by molar-refractivity contribution is -0.172. The molecule has 9 heteroatoms. The van der Waals surface area contributed by atoms with Crippen LogP contribution in [0.2, 0.25) is 0 Å². The molecule has 0 radical (unpaired) electrons. The minimum Gasteiger partial charge on any atom is -0.458 e. The summed E-state index contributed by atoms with van der Waals surface area (Å²) in [6, 6.07) is 4.76. The van der Waals surface area contributed by atoms with Gasteiger partial charge in [-0.15, -0.1) is 0 Å². The first-order valence-electron chi connectivity index (χ1n) is 11.2. The predicted octanol–water partition coefficient (Wildman–Crippen LogP) is 2.69. The van der Waals surface area contributed by atoms with Crippen molar-refractivity contribution in [2.75, 3.05) is 20.3 Å². The van der Waals surface area contributed by atoms with E-state index in [0.29, 0.717) is 35.7 Å². The van der Waals surface area contributed by atoms with Crippen molar-refractivity contribution in [3.63, 3.8) is 0 Å². The molecule has 178 valence electrons. The number of benzene rings is 1. The second-order valence-electron chi connectivity index (χ2n) is 8.68. The first-order valence-corrected chi connectivity index (χ1v) is 11.2. The highest BCUT2D eigenvalue weighted by Crippen LogP contribution is 2.40. The molecule has 2 aromatic heterocycles. The van der Waals surface area contributed by atoms with Gasteiger partial charge in [-0.25, -0.2) is 14.2 Å². The number of methoxy groups -OCH3 is 1. The third kappa shape index (κ3) is 3.26. The van der Waals surface area contributed by atoms with Crippen LogP contribution in [0.3, 0.4) is 0 Å². The Morgan fingerprint density at radius 3 is 2.76 bits per heavy atom. The van der Waals surface area contributed by atoms with E-state index in [1.807, 2.05) is 0 Å². The van der Waals surface area contributed by atoms with E-state index in [1.165, 1.54) is 6.07 Å². The number of hydrogen-bond acceptors (Lipinski definition) is 7. The minimum atomic E-state index is -1.91. The second-order valence-corrected chi connectivity index (χ2v) is 8.68. The number of esters is 1. The van der Waals surface area contributed by atoms with Crippen LogP contribution in [0.4, 0.5) is 4.39 Å². The van der Waals surface area contributed by atoms with Crippen molar-refractivity contribution in [1.82, 2.24) is 9.55 Å². The summed E-state index contributed by atoms with van der Waals surface area (Å²) in [6.07, 6.45) is 0.0583. The van der Waals surface area contributed by atoms with Crippen LogP contribution in [0.15, 0.2) is 23.0 Å². The van der Waals surface area contributed by atoms with Crippen molar-refractivity contribution in [3.05, 3.63) is 62.2 Å². The fraction of sp³-hybridized carbons (Fsp3) is 0.400. The Bertz CT molecular complexity index is 1400. The van der Waals surface area contributed by atoms with E-state index in [2.05, 4.69) is 0 Å². The lowest BCUT2D eigenvalue weighted by Gasteiger charge is -2.31. The molecule has 0 unspecified atom stereocenters. The second kappa shape index (κ2) is 8.26. The molecule has 0 saturated carbocycles. The Morgan fingerprint density at radius 2 is 2.03 bits per heavy atom. The number of aliphatic hydroxyl groups is 1. The molecule has 0 bridgehead atoms. The molecule has 1 aromatic carbocycles. The average Bonchev–Trinajstić information content (AvgIpc) is 3.19. The standard InChI is InChI=1S/C25H25FN2O6/c1-4-25(31)18-8-21-22-15(10-28(21)23(29)17(18)12-34-24(25)30)16(11-33-6-5-32-3)14-7-13(2)19(26)9-20(14)27-22/h7-9,31H,4-6,10-12H2,1-3H3/t25-/m0/s1. The van der Waals surface area contributed by atoms with E-state index in [-0.39, 0.29) is 48.7 Å². The molecular formula is C25H25FN2O6. The average molecular weight is 468 g/mol. The van der Waals surface area contributed by atoms with E-state index in [9.17, 15) is 19.1 Å². The summed E-state index contributed by atoms with van der Waals surface area (Å²) in [7, 11) is 1.59. The van der Waals surface area contributed by atoms with Crippen molar-refractivity contribution in [3.8, 4) is 11.4 Å². The summed E-state index contributed by atoms with van der Waals surface area (Å²) in [5.41, 5.74) is 1.77. The molecule has 3 aromatic rings.